The van der Waals surface area contributed by atoms with E-state index >= 15 is 0 Å². The summed E-state index contributed by atoms with van der Waals surface area (Å²) in [7, 11) is 0. The third-order valence-corrected chi connectivity index (χ3v) is 2.94. The molecule has 0 aliphatic heterocycles. The van der Waals surface area contributed by atoms with Crippen LogP contribution in [0.2, 0.25) is 0 Å². The van der Waals surface area contributed by atoms with Gasteiger partial charge in [0.05, 0.1) is 12.7 Å². The van der Waals surface area contributed by atoms with Crippen LogP contribution in [0.25, 0.3) is 11.0 Å². The Hall–Kier alpha value is -2.20. The van der Waals surface area contributed by atoms with Gasteiger partial charge in [-0.25, -0.2) is 9.67 Å². The summed E-state index contributed by atoms with van der Waals surface area (Å²) < 4.78 is 1.91. The lowest BCUT2D eigenvalue weighted by Crippen LogP contribution is -2.03. The van der Waals surface area contributed by atoms with Gasteiger partial charge < -0.3 is 5.73 Å². The molecule has 0 bridgehead atoms. The molecule has 90 valence electrons. The van der Waals surface area contributed by atoms with Crippen molar-refractivity contribution in [3.8, 4) is 0 Å². The summed E-state index contributed by atoms with van der Waals surface area (Å²) in [5.74, 6) is 0. The highest BCUT2D eigenvalue weighted by Crippen LogP contribution is 2.14. The SMILES string of the molecule is NCc1cnc2c(cnn2Cc2ccccc2)c1. The molecule has 1 aromatic carbocycles. The van der Waals surface area contributed by atoms with Crippen molar-refractivity contribution in [3.05, 3.63) is 59.9 Å². The second kappa shape index (κ2) is 4.58. The van der Waals surface area contributed by atoms with Crippen molar-refractivity contribution in [3.63, 3.8) is 0 Å². The molecule has 0 amide bonds. The lowest BCUT2D eigenvalue weighted by atomic mass is 10.2. The normalized spacial score (nSPS) is 10.9. The standard InChI is InChI=1S/C14H14N4/c15-7-12-6-13-9-17-18(14(13)16-8-12)10-11-4-2-1-3-5-11/h1-6,8-9H,7,10,15H2. The number of fused-ring (bicyclic) bond motifs is 1. The van der Waals surface area contributed by atoms with Gasteiger partial charge >= 0.3 is 0 Å². The van der Waals surface area contributed by atoms with E-state index in [-0.39, 0.29) is 0 Å². The molecular weight excluding hydrogens is 224 g/mol. The van der Waals surface area contributed by atoms with E-state index in [1.165, 1.54) is 5.56 Å². The van der Waals surface area contributed by atoms with Gasteiger partial charge in [-0.3, -0.25) is 0 Å². The number of hydrogen-bond donors (Lipinski definition) is 1. The highest BCUT2D eigenvalue weighted by molar-refractivity contribution is 5.75. The van der Waals surface area contributed by atoms with Crippen molar-refractivity contribution in [1.82, 2.24) is 14.8 Å². The number of nitrogens with two attached hydrogens (primary N) is 1. The van der Waals surface area contributed by atoms with Crippen LogP contribution in [0.4, 0.5) is 0 Å². The molecule has 0 saturated heterocycles. The maximum absolute atomic E-state index is 5.60. The van der Waals surface area contributed by atoms with Crippen molar-refractivity contribution >= 4 is 11.0 Å². The predicted octanol–water partition coefficient (Wildman–Crippen LogP) is 1.94. The first-order valence-electron chi connectivity index (χ1n) is 5.91. The number of benzene rings is 1. The van der Waals surface area contributed by atoms with Crippen LogP contribution < -0.4 is 5.73 Å². The zero-order chi connectivity index (χ0) is 12.4. The maximum Gasteiger partial charge on any atom is 0.158 e. The third kappa shape index (κ3) is 1.98. The lowest BCUT2D eigenvalue weighted by molar-refractivity contribution is 0.704. The van der Waals surface area contributed by atoms with E-state index in [1.807, 2.05) is 41.3 Å². The van der Waals surface area contributed by atoms with Crippen LogP contribution in [0.15, 0.2) is 48.8 Å². The Labute approximate surface area is 105 Å². The largest absolute Gasteiger partial charge is 0.326 e. The van der Waals surface area contributed by atoms with Gasteiger partial charge in [0.25, 0.3) is 0 Å². The summed E-state index contributed by atoms with van der Waals surface area (Å²) in [5, 5.41) is 5.42. The second-order valence-corrected chi connectivity index (χ2v) is 4.25. The second-order valence-electron chi connectivity index (χ2n) is 4.25. The molecule has 0 atom stereocenters. The highest BCUT2D eigenvalue weighted by atomic mass is 15.3. The monoisotopic (exact) mass is 238 g/mol. The number of pyridine rings is 1. The van der Waals surface area contributed by atoms with Crippen molar-refractivity contribution in [2.24, 2.45) is 5.73 Å². The Kier molecular flexibility index (Phi) is 2.78. The summed E-state index contributed by atoms with van der Waals surface area (Å²) in [6.45, 7) is 1.24. The Morgan fingerprint density at radius 2 is 1.89 bits per heavy atom. The van der Waals surface area contributed by atoms with Crippen LogP contribution >= 0.6 is 0 Å². The summed E-state index contributed by atoms with van der Waals surface area (Å²) >= 11 is 0. The van der Waals surface area contributed by atoms with Gasteiger partial charge in [0.2, 0.25) is 0 Å². The molecule has 0 fully saturated rings. The van der Waals surface area contributed by atoms with E-state index in [1.54, 1.807) is 0 Å². The molecule has 18 heavy (non-hydrogen) atoms. The minimum absolute atomic E-state index is 0.507. The molecular formula is C14H14N4. The molecule has 0 spiro atoms. The van der Waals surface area contributed by atoms with Gasteiger partial charge in [0.1, 0.15) is 0 Å². The molecule has 0 radical (unpaired) electrons. The van der Waals surface area contributed by atoms with Gasteiger partial charge in [-0.05, 0) is 17.2 Å². The number of nitrogens with zero attached hydrogens (tertiary/aromatic N) is 3. The molecule has 2 heterocycles. The van der Waals surface area contributed by atoms with E-state index in [2.05, 4.69) is 22.2 Å². The van der Waals surface area contributed by atoms with Gasteiger partial charge in [-0.1, -0.05) is 30.3 Å². The quantitative estimate of drug-likeness (QED) is 0.758. The summed E-state index contributed by atoms with van der Waals surface area (Å²) in [6.07, 6.45) is 3.65. The molecule has 3 rings (SSSR count). The number of hydrogen-bond acceptors (Lipinski definition) is 3. The summed E-state index contributed by atoms with van der Waals surface area (Å²) in [4.78, 5) is 4.43. The fourth-order valence-electron chi connectivity index (χ4n) is 2.00. The average Bonchev–Trinajstić information content (AvgIpc) is 2.82. The maximum atomic E-state index is 5.60. The average molecular weight is 238 g/mol. The molecule has 4 heteroatoms. The van der Waals surface area contributed by atoms with E-state index in [9.17, 15) is 0 Å². The van der Waals surface area contributed by atoms with Gasteiger partial charge in [0.15, 0.2) is 5.65 Å². The Balaban J connectivity index is 1.98. The van der Waals surface area contributed by atoms with Crippen LogP contribution in [0, 0.1) is 0 Å². The van der Waals surface area contributed by atoms with Gasteiger partial charge in [0, 0.05) is 18.1 Å². The zero-order valence-electron chi connectivity index (χ0n) is 9.95. The summed E-state index contributed by atoms with van der Waals surface area (Å²) in [6, 6.07) is 12.3. The van der Waals surface area contributed by atoms with E-state index in [4.69, 9.17) is 5.73 Å². The van der Waals surface area contributed by atoms with E-state index < -0.39 is 0 Å². The van der Waals surface area contributed by atoms with Crippen LogP contribution in [0.1, 0.15) is 11.1 Å². The smallest absolute Gasteiger partial charge is 0.158 e. The molecule has 2 aromatic heterocycles. The minimum Gasteiger partial charge on any atom is -0.326 e. The summed E-state index contributed by atoms with van der Waals surface area (Å²) in [5.41, 5.74) is 8.75. The Bertz CT molecular complexity index is 658. The first kappa shape index (κ1) is 10.9. The molecule has 3 aromatic rings. The van der Waals surface area contributed by atoms with Crippen molar-refractivity contribution in [2.45, 2.75) is 13.1 Å². The predicted molar refractivity (Wildman–Crippen MR) is 71.0 cm³/mol. The van der Waals surface area contributed by atoms with Crippen LogP contribution in [0.3, 0.4) is 0 Å². The first-order valence-corrected chi connectivity index (χ1v) is 5.91. The van der Waals surface area contributed by atoms with Crippen LogP contribution in [0.5, 0.6) is 0 Å². The van der Waals surface area contributed by atoms with Crippen molar-refractivity contribution in [2.75, 3.05) is 0 Å². The van der Waals surface area contributed by atoms with E-state index in [0.717, 1.165) is 23.1 Å². The Morgan fingerprint density at radius 3 is 2.67 bits per heavy atom. The number of rotatable bonds is 3. The fourth-order valence-corrected chi connectivity index (χ4v) is 2.00. The van der Waals surface area contributed by atoms with Crippen LogP contribution in [-0.4, -0.2) is 14.8 Å². The first-order chi connectivity index (χ1) is 8.86. The molecule has 0 aliphatic rings. The fraction of sp³-hybridized carbons (Fsp3) is 0.143. The minimum atomic E-state index is 0.507. The lowest BCUT2D eigenvalue weighted by Gasteiger charge is -2.03. The molecule has 0 unspecified atom stereocenters. The molecule has 0 aliphatic carbocycles. The Morgan fingerprint density at radius 1 is 1.06 bits per heavy atom. The molecule has 4 nitrogen and oxygen atoms in total. The van der Waals surface area contributed by atoms with Crippen LogP contribution in [-0.2, 0) is 13.1 Å². The van der Waals surface area contributed by atoms with Crippen molar-refractivity contribution in [1.29, 1.82) is 0 Å². The zero-order valence-corrected chi connectivity index (χ0v) is 9.95. The molecule has 0 saturated carbocycles. The van der Waals surface area contributed by atoms with E-state index in [0.29, 0.717) is 6.54 Å². The topological polar surface area (TPSA) is 56.7 Å². The third-order valence-electron chi connectivity index (χ3n) is 2.94. The van der Waals surface area contributed by atoms with Gasteiger partial charge in [-0.15, -0.1) is 0 Å². The highest BCUT2D eigenvalue weighted by Gasteiger charge is 2.05. The molecule has 2 N–H and O–H groups in total. The van der Waals surface area contributed by atoms with Crippen molar-refractivity contribution < 1.29 is 0 Å². The van der Waals surface area contributed by atoms with Gasteiger partial charge in [-0.2, -0.15) is 5.10 Å². The number of aromatic nitrogens is 3.